The number of ketones is 2. The molecule has 0 aliphatic carbocycles. The molecule has 0 fully saturated rings. The maximum Gasteiger partial charge on any atom is 0.196 e. The van der Waals surface area contributed by atoms with Gasteiger partial charge in [-0.25, -0.2) is 14.4 Å². The van der Waals surface area contributed by atoms with Crippen LogP contribution in [0, 0.1) is 5.82 Å². The molecule has 0 saturated carbocycles. The lowest BCUT2D eigenvalue weighted by atomic mass is 9.89. The predicted octanol–water partition coefficient (Wildman–Crippen LogP) is 2.82. The molecule has 1 aromatic heterocycles. The summed E-state index contributed by atoms with van der Waals surface area (Å²) in [6, 6.07) is 6.50. The zero-order valence-corrected chi connectivity index (χ0v) is 11.3. The highest BCUT2D eigenvalue weighted by Crippen LogP contribution is 2.22. The molecule has 0 aliphatic rings. The van der Waals surface area contributed by atoms with Crippen LogP contribution in [0.5, 0.6) is 0 Å². The summed E-state index contributed by atoms with van der Waals surface area (Å²) < 4.78 is 12.9. The van der Waals surface area contributed by atoms with E-state index in [-0.39, 0.29) is 16.6 Å². The predicted molar refractivity (Wildman–Crippen MR) is 71.2 cm³/mol. The largest absolute Gasteiger partial charge is 0.299 e. The van der Waals surface area contributed by atoms with E-state index < -0.39 is 17.5 Å². The van der Waals surface area contributed by atoms with E-state index in [0.29, 0.717) is 5.56 Å². The van der Waals surface area contributed by atoms with E-state index in [1.165, 1.54) is 37.3 Å². The summed E-state index contributed by atoms with van der Waals surface area (Å²) in [5.74, 6) is -2.31. The highest BCUT2D eigenvalue weighted by atomic mass is 35.5. The molecule has 102 valence electrons. The molecule has 4 nitrogen and oxygen atoms in total. The zero-order chi connectivity index (χ0) is 14.7. The van der Waals surface area contributed by atoms with Crippen LogP contribution < -0.4 is 0 Å². The Labute approximate surface area is 119 Å². The number of rotatable bonds is 4. The van der Waals surface area contributed by atoms with Gasteiger partial charge in [0.2, 0.25) is 0 Å². The van der Waals surface area contributed by atoms with Crippen LogP contribution in [0.25, 0.3) is 0 Å². The Morgan fingerprint density at radius 2 is 1.85 bits per heavy atom. The summed E-state index contributed by atoms with van der Waals surface area (Å²) in [4.78, 5) is 31.6. The van der Waals surface area contributed by atoms with Crippen molar-refractivity contribution in [3.63, 3.8) is 0 Å². The average molecular weight is 293 g/mol. The van der Waals surface area contributed by atoms with Gasteiger partial charge in [0, 0.05) is 6.07 Å². The molecule has 0 radical (unpaired) electrons. The van der Waals surface area contributed by atoms with Gasteiger partial charge in [0.15, 0.2) is 5.78 Å². The van der Waals surface area contributed by atoms with Gasteiger partial charge < -0.3 is 0 Å². The lowest BCUT2D eigenvalue weighted by Crippen LogP contribution is -2.21. The Bertz CT molecular complexity index is 658. The van der Waals surface area contributed by atoms with Gasteiger partial charge in [-0.2, -0.15) is 0 Å². The molecule has 1 heterocycles. The second-order valence-corrected chi connectivity index (χ2v) is 4.57. The van der Waals surface area contributed by atoms with Crippen molar-refractivity contribution in [2.75, 3.05) is 0 Å². The van der Waals surface area contributed by atoms with Crippen LogP contribution in [0.15, 0.2) is 36.7 Å². The van der Waals surface area contributed by atoms with Crippen LogP contribution in [0.2, 0.25) is 5.15 Å². The minimum absolute atomic E-state index is 0.0505. The number of carbonyl (C=O) groups is 2. The first-order chi connectivity index (χ1) is 9.49. The molecular formula is C14H10ClFN2O2. The van der Waals surface area contributed by atoms with Crippen molar-refractivity contribution in [2.24, 2.45) is 0 Å². The third-order valence-corrected chi connectivity index (χ3v) is 2.96. The fraction of sp³-hybridized carbons (Fsp3) is 0.143. The third kappa shape index (κ3) is 3.05. The number of halogens is 2. The fourth-order valence-electron chi connectivity index (χ4n) is 1.84. The van der Waals surface area contributed by atoms with Crippen LogP contribution in [0.3, 0.4) is 0 Å². The van der Waals surface area contributed by atoms with Gasteiger partial charge in [0.05, 0.1) is 0 Å². The number of hydrogen-bond acceptors (Lipinski definition) is 4. The van der Waals surface area contributed by atoms with E-state index in [1.807, 2.05) is 0 Å². The van der Waals surface area contributed by atoms with Crippen LogP contribution >= 0.6 is 11.6 Å². The van der Waals surface area contributed by atoms with E-state index in [1.54, 1.807) is 0 Å². The van der Waals surface area contributed by atoms with Gasteiger partial charge in [0.25, 0.3) is 0 Å². The maximum absolute atomic E-state index is 12.9. The van der Waals surface area contributed by atoms with Crippen molar-refractivity contribution >= 4 is 23.2 Å². The summed E-state index contributed by atoms with van der Waals surface area (Å²) in [7, 11) is 0. The summed E-state index contributed by atoms with van der Waals surface area (Å²) >= 11 is 5.70. The smallest absolute Gasteiger partial charge is 0.196 e. The number of benzene rings is 1. The lowest BCUT2D eigenvalue weighted by Gasteiger charge is -2.12. The summed E-state index contributed by atoms with van der Waals surface area (Å²) in [6.45, 7) is 1.30. The molecule has 0 aliphatic heterocycles. The van der Waals surface area contributed by atoms with Crippen molar-refractivity contribution in [3.8, 4) is 0 Å². The minimum atomic E-state index is -1.03. The number of aromatic nitrogens is 2. The average Bonchev–Trinajstić information content (AvgIpc) is 2.41. The Morgan fingerprint density at radius 3 is 2.40 bits per heavy atom. The van der Waals surface area contributed by atoms with Crippen molar-refractivity contribution in [1.29, 1.82) is 0 Å². The van der Waals surface area contributed by atoms with Crippen LogP contribution in [0.1, 0.15) is 28.9 Å². The number of Topliss-reactive ketones (excluding diaryl/α,β-unsaturated/α-hetero) is 2. The second kappa shape index (κ2) is 5.88. The summed E-state index contributed by atoms with van der Waals surface area (Å²) in [5, 5.41) is 0.116. The van der Waals surface area contributed by atoms with Crippen LogP contribution in [0.4, 0.5) is 4.39 Å². The standard InChI is InChI=1S/C14H10ClFN2O2/c1-8(19)13(9-2-4-10(16)5-3-9)14(20)11-6-12(15)18-7-17-11/h2-7,13H,1H3. The Morgan fingerprint density at radius 1 is 1.20 bits per heavy atom. The van der Waals surface area contributed by atoms with Gasteiger partial charge in [-0.1, -0.05) is 23.7 Å². The molecule has 1 unspecified atom stereocenters. The molecule has 6 heteroatoms. The van der Waals surface area contributed by atoms with Gasteiger partial charge in [-0.15, -0.1) is 0 Å². The molecule has 0 N–H and O–H groups in total. The molecule has 0 saturated heterocycles. The molecule has 2 rings (SSSR count). The van der Waals surface area contributed by atoms with Gasteiger partial charge >= 0.3 is 0 Å². The zero-order valence-electron chi connectivity index (χ0n) is 10.5. The molecule has 20 heavy (non-hydrogen) atoms. The quantitative estimate of drug-likeness (QED) is 0.494. The molecule has 0 bridgehead atoms. The number of hydrogen-bond donors (Lipinski definition) is 0. The number of carbonyl (C=O) groups excluding carboxylic acids is 2. The second-order valence-electron chi connectivity index (χ2n) is 4.19. The van der Waals surface area contributed by atoms with Crippen molar-refractivity contribution in [3.05, 3.63) is 58.9 Å². The minimum Gasteiger partial charge on any atom is -0.299 e. The first-order valence-electron chi connectivity index (χ1n) is 5.76. The van der Waals surface area contributed by atoms with Crippen LogP contribution in [-0.4, -0.2) is 21.5 Å². The number of nitrogens with zero attached hydrogens (tertiary/aromatic N) is 2. The van der Waals surface area contributed by atoms with E-state index in [2.05, 4.69) is 9.97 Å². The highest BCUT2D eigenvalue weighted by molar-refractivity contribution is 6.29. The van der Waals surface area contributed by atoms with Crippen molar-refractivity contribution < 1.29 is 14.0 Å². The first-order valence-corrected chi connectivity index (χ1v) is 6.14. The highest BCUT2D eigenvalue weighted by Gasteiger charge is 2.27. The molecule has 1 aromatic carbocycles. The first kappa shape index (κ1) is 14.3. The Kier molecular flexibility index (Phi) is 4.20. The van der Waals surface area contributed by atoms with E-state index >= 15 is 0 Å². The van der Waals surface area contributed by atoms with E-state index in [9.17, 15) is 14.0 Å². The summed E-state index contributed by atoms with van der Waals surface area (Å²) in [5.41, 5.74) is 0.466. The summed E-state index contributed by atoms with van der Waals surface area (Å²) in [6.07, 6.45) is 1.15. The van der Waals surface area contributed by atoms with Crippen molar-refractivity contribution in [1.82, 2.24) is 9.97 Å². The maximum atomic E-state index is 12.9. The topological polar surface area (TPSA) is 59.9 Å². The van der Waals surface area contributed by atoms with E-state index in [0.717, 1.165) is 6.33 Å². The van der Waals surface area contributed by atoms with Crippen molar-refractivity contribution in [2.45, 2.75) is 12.8 Å². The van der Waals surface area contributed by atoms with Crippen LogP contribution in [-0.2, 0) is 4.79 Å². The third-order valence-electron chi connectivity index (χ3n) is 2.76. The fourth-order valence-corrected chi connectivity index (χ4v) is 1.99. The lowest BCUT2D eigenvalue weighted by molar-refractivity contribution is -0.117. The van der Waals surface area contributed by atoms with E-state index in [4.69, 9.17) is 11.6 Å². The molecule has 1 atom stereocenters. The van der Waals surface area contributed by atoms with Gasteiger partial charge in [0.1, 0.15) is 34.7 Å². The molecular weight excluding hydrogens is 283 g/mol. The Hall–Kier alpha value is -2.14. The Balaban J connectivity index is 2.41. The molecule has 2 aromatic rings. The van der Waals surface area contributed by atoms with Gasteiger partial charge in [-0.05, 0) is 24.6 Å². The SMILES string of the molecule is CC(=O)C(C(=O)c1cc(Cl)ncn1)c1ccc(F)cc1. The molecule has 0 spiro atoms. The normalized spacial score (nSPS) is 11.9. The van der Waals surface area contributed by atoms with Gasteiger partial charge in [-0.3, -0.25) is 9.59 Å². The monoisotopic (exact) mass is 292 g/mol. The molecule has 0 amide bonds.